The van der Waals surface area contributed by atoms with E-state index >= 15 is 0 Å². The predicted octanol–water partition coefficient (Wildman–Crippen LogP) is 4.08. The molecule has 5 nitrogen and oxygen atoms in total. The van der Waals surface area contributed by atoms with E-state index in [1.54, 1.807) is 0 Å². The molecule has 2 aromatic carbocycles. The molecule has 0 saturated carbocycles. The van der Waals surface area contributed by atoms with Crippen molar-refractivity contribution in [3.63, 3.8) is 0 Å². The predicted molar refractivity (Wildman–Crippen MR) is 105 cm³/mol. The number of nitrogens with one attached hydrogen (secondary N) is 1. The van der Waals surface area contributed by atoms with Crippen LogP contribution >= 0.6 is 11.3 Å². The molecular weight excluding hydrogens is 368 g/mol. The Bertz CT molecular complexity index is 1050. The van der Waals surface area contributed by atoms with E-state index in [0.29, 0.717) is 10.7 Å². The summed E-state index contributed by atoms with van der Waals surface area (Å²) in [6.45, 7) is 3.99. The molecule has 26 heavy (non-hydrogen) atoms. The van der Waals surface area contributed by atoms with Crippen molar-refractivity contribution in [1.29, 1.82) is 0 Å². The van der Waals surface area contributed by atoms with Gasteiger partial charge in [0, 0.05) is 22.3 Å². The zero-order valence-electron chi connectivity index (χ0n) is 14.6. The van der Waals surface area contributed by atoms with Crippen LogP contribution in [0.1, 0.15) is 20.8 Å². The Morgan fingerprint density at radius 3 is 2.19 bits per heavy atom. The molecule has 1 aromatic heterocycles. The topological polar surface area (TPSA) is 76.1 Å². The van der Waals surface area contributed by atoms with Crippen LogP contribution in [0.5, 0.6) is 0 Å². The molecule has 0 spiro atoms. The first-order valence-electron chi connectivity index (χ1n) is 7.90. The van der Waals surface area contributed by atoms with E-state index in [1.165, 1.54) is 41.2 Å². The highest BCUT2D eigenvalue weighted by molar-refractivity contribution is 7.90. The number of amides is 1. The number of anilines is 1. The quantitative estimate of drug-likeness (QED) is 0.733. The van der Waals surface area contributed by atoms with Gasteiger partial charge in [0.1, 0.15) is 0 Å². The van der Waals surface area contributed by atoms with Crippen LogP contribution in [0.4, 0.5) is 5.13 Å². The van der Waals surface area contributed by atoms with Crippen LogP contribution in [-0.4, -0.2) is 25.6 Å². The molecule has 0 aliphatic rings. The molecule has 0 atom stereocenters. The van der Waals surface area contributed by atoms with E-state index in [-0.39, 0.29) is 10.8 Å². The summed E-state index contributed by atoms with van der Waals surface area (Å²) in [5, 5.41) is 3.29. The highest BCUT2D eigenvalue weighted by atomic mass is 32.2. The standard InChI is InChI=1S/C19H18N2O3S2/c1-12-4-6-14(7-5-12)17-13(2)25-19(20-17)21-18(22)15-8-10-16(11-9-15)26(3,23)24/h4-11H,1-3H3,(H,20,21,22). The number of aromatic nitrogens is 1. The highest BCUT2D eigenvalue weighted by Crippen LogP contribution is 2.30. The first-order valence-corrected chi connectivity index (χ1v) is 10.6. The molecule has 0 fully saturated rings. The van der Waals surface area contributed by atoms with Gasteiger partial charge in [-0.2, -0.15) is 0 Å². The van der Waals surface area contributed by atoms with E-state index in [2.05, 4.69) is 10.3 Å². The largest absolute Gasteiger partial charge is 0.298 e. The van der Waals surface area contributed by atoms with Crippen molar-refractivity contribution >= 4 is 32.2 Å². The molecule has 1 amide bonds. The molecule has 0 radical (unpaired) electrons. The molecule has 0 saturated heterocycles. The third kappa shape index (κ3) is 4.00. The summed E-state index contributed by atoms with van der Waals surface area (Å²) in [6.07, 6.45) is 1.13. The second kappa shape index (κ2) is 7.01. The lowest BCUT2D eigenvalue weighted by molar-refractivity contribution is 0.102. The summed E-state index contributed by atoms with van der Waals surface area (Å²) in [7, 11) is -3.28. The van der Waals surface area contributed by atoms with Gasteiger partial charge in [-0.15, -0.1) is 11.3 Å². The lowest BCUT2D eigenvalue weighted by atomic mass is 10.1. The average Bonchev–Trinajstić information content (AvgIpc) is 2.95. The average molecular weight is 386 g/mol. The van der Waals surface area contributed by atoms with Crippen LogP contribution in [0, 0.1) is 13.8 Å². The monoisotopic (exact) mass is 386 g/mol. The molecule has 3 aromatic rings. The molecule has 0 aliphatic heterocycles. The molecule has 3 rings (SSSR count). The normalized spacial score (nSPS) is 11.3. The van der Waals surface area contributed by atoms with Crippen LogP contribution in [0.15, 0.2) is 53.4 Å². The van der Waals surface area contributed by atoms with E-state index in [4.69, 9.17) is 0 Å². The van der Waals surface area contributed by atoms with Gasteiger partial charge in [0.2, 0.25) is 0 Å². The Balaban J connectivity index is 1.80. The first-order chi connectivity index (χ1) is 12.2. The van der Waals surface area contributed by atoms with Gasteiger partial charge in [-0.1, -0.05) is 29.8 Å². The molecule has 0 aliphatic carbocycles. The van der Waals surface area contributed by atoms with E-state index in [9.17, 15) is 13.2 Å². The Hall–Kier alpha value is -2.51. The van der Waals surface area contributed by atoms with Crippen LogP contribution in [0.25, 0.3) is 11.3 Å². The number of sulfone groups is 1. The Kier molecular flexibility index (Phi) is 4.93. The van der Waals surface area contributed by atoms with Crippen LogP contribution in [0.3, 0.4) is 0 Å². The molecule has 134 valence electrons. The summed E-state index contributed by atoms with van der Waals surface area (Å²) in [5.74, 6) is -0.325. The molecular formula is C19H18N2O3S2. The van der Waals surface area contributed by atoms with Crippen molar-refractivity contribution in [3.8, 4) is 11.3 Å². The summed E-state index contributed by atoms with van der Waals surface area (Å²) in [4.78, 5) is 18.1. The Morgan fingerprint density at radius 2 is 1.62 bits per heavy atom. The number of hydrogen-bond acceptors (Lipinski definition) is 5. The summed E-state index contributed by atoms with van der Waals surface area (Å²) in [6, 6.07) is 13.9. The van der Waals surface area contributed by atoms with E-state index < -0.39 is 9.84 Å². The number of carbonyl (C=O) groups excluding carboxylic acids is 1. The SMILES string of the molecule is Cc1ccc(-c2nc(NC(=O)c3ccc(S(C)(=O)=O)cc3)sc2C)cc1. The van der Waals surface area contributed by atoms with Crippen molar-refractivity contribution in [2.24, 2.45) is 0 Å². The zero-order valence-corrected chi connectivity index (χ0v) is 16.2. The maximum absolute atomic E-state index is 12.4. The van der Waals surface area contributed by atoms with Gasteiger partial charge in [-0.05, 0) is 38.1 Å². The van der Waals surface area contributed by atoms with Gasteiger partial charge < -0.3 is 0 Å². The lowest BCUT2D eigenvalue weighted by Crippen LogP contribution is -2.11. The molecule has 0 unspecified atom stereocenters. The third-order valence-electron chi connectivity index (χ3n) is 3.89. The second-order valence-electron chi connectivity index (χ2n) is 6.04. The third-order valence-corrected chi connectivity index (χ3v) is 5.90. The van der Waals surface area contributed by atoms with Gasteiger partial charge in [-0.25, -0.2) is 13.4 Å². The number of thiazole rings is 1. The minimum Gasteiger partial charge on any atom is -0.298 e. The fourth-order valence-electron chi connectivity index (χ4n) is 2.45. The molecule has 7 heteroatoms. The first kappa shape index (κ1) is 18.3. The Labute approximate surface area is 156 Å². The summed E-state index contributed by atoms with van der Waals surface area (Å²) >= 11 is 1.40. The lowest BCUT2D eigenvalue weighted by Gasteiger charge is -2.03. The van der Waals surface area contributed by atoms with Crippen LogP contribution in [0.2, 0.25) is 0 Å². The molecule has 0 bridgehead atoms. The van der Waals surface area contributed by atoms with Gasteiger partial charge in [0.15, 0.2) is 15.0 Å². The van der Waals surface area contributed by atoms with Gasteiger partial charge in [0.25, 0.3) is 5.91 Å². The maximum atomic E-state index is 12.4. The minimum absolute atomic E-state index is 0.181. The minimum atomic E-state index is -3.28. The van der Waals surface area contributed by atoms with Crippen molar-refractivity contribution in [3.05, 3.63) is 64.5 Å². The van der Waals surface area contributed by atoms with Crippen molar-refractivity contribution < 1.29 is 13.2 Å². The molecule has 1 N–H and O–H groups in total. The summed E-state index contributed by atoms with van der Waals surface area (Å²) in [5.41, 5.74) is 3.40. The van der Waals surface area contributed by atoms with E-state index in [0.717, 1.165) is 22.4 Å². The zero-order chi connectivity index (χ0) is 18.9. The van der Waals surface area contributed by atoms with Crippen molar-refractivity contribution in [2.45, 2.75) is 18.7 Å². The van der Waals surface area contributed by atoms with Gasteiger partial charge >= 0.3 is 0 Å². The van der Waals surface area contributed by atoms with E-state index in [1.807, 2.05) is 38.1 Å². The number of rotatable bonds is 4. The fourth-order valence-corrected chi connectivity index (χ4v) is 3.91. The van der Waals surface area contributed by atoms with Crippen LogP contribution in [-0.2, 0) is 9.84 Å². The van der Waals surface area contributed by atoms with Gasteiger partial charge in [-0.3, -0.25) is 10.1 Å². The van der Waals surface area contributed by atoms with Crippen molar-refractivity contribution in [1.82, 2.24) is 4.98 Å². The second-order valence-corrected chi connectivity index (χ2v) is 9.26. The van der Waals surface area contributed by atoms with Crippen molar-refractivity contribution in [2.75, 3.05) is 11.6 Å². The fraction of sp³-hybridized carbons (Fsp3) is 0.158. The number of carbonyl (C=O) groups is 1. The van der Waals surface area contributed by atoms with Gasteiger partial charge in [0.05, 0.1) is 10.6 Å². The number of nitrogens with zero attached hydrogens (tertiary/aromatic N) is 1. The Morgan fingerprint density at radius 1 is 1.00 bits per heavy atom. The number of aryl methyl sites for hydroxylation is 2. The number of benzene rings is 2. The highest BCUT2D eigenvalue weighted by Gasteiger charge is 2.14. The maximum Gasteiger partial charge on any atom is 0.257 e. The number of hydrogen-bond donors (Lipinski definition) is 1. The summed E-state index contributed by atoms with van der Waals surface area (Å²) < 4.78 is 23.0. The molecule has 1 heterocycles. The van der Waals surface area contributed by atoms with Crippen LogP contribution < -0.4 is 5.32 Å². The smallest absolute Gasteiger partial charge is 0.257 e.